The van der Waals surface area contributed by atoms with Gasteiger partial charge >= 0.3 is 6.18 Å². The van der Waals surface area contributed by atoms with Gasteiger partial charge in [0.1, 0.15) is 23.3 Å². The zero-order valence-corrected chi connectivity index (χ0v) is 19.1. The van der Waals surface area contributed by atoms with Crippen molar-refractivity contribution in [1.82, 2.24) is 20.6 Å². The van der Waals surface area contributed by atoms with E-state index >= 15 is 0 Å². The highest BCUT2D eigenvalue weighted by molar-refractivity contribution is 5.97. The fourth-order valence-corrected chi connectivity index (χ4v) is 4.33. The summed E-state index contributed by atoms with van der Waals surface area (Å²) in [6.07, 6.45) is -1.78. The molecule has 4 aromatic rings. The predicted octanol–water partition coefficient (Wildman–Crippen LogP) is 4.90. The molecule has 0 bridgehead atoms. The van der Waals surface area contributed by atoms with Gasteiger partial charge in [-0.3, -0.25) is 9.59 Å². The minimum atomic E-state index is -4.58. The number of fused-ring (bicyclic) bond motifs is 2. The smallest absolute Gasteiger partial charge is 0.449 e. The van der Waals surface area contributed by atoms with Crippen LogP contribution in [0.2, 0.25) is 0 Å². The Kier molecular flexibility index (Phi) is 5.95. The van der Waals surface area contributed by atoms with Crippen molar-refractivity contribution in [2.24, 2.45) is 0 Å². The van der Waals surface area contributed by atoms with Crippen molar-refractivity contribution in [3.05, 3.63) is 94.3 Å². The van der Waals surface area contributed by atoms with Crippen molar-refractivity contribution in [2.45, 2.75) is 38.5 Å². The zero-order chi connectivity index (χ0) is 25.4. The Balaban J connectivity index is 1.24. The van der Waals surface area contributed by atoms with E-state index in [0.29, 0.717) is 10.9 Å². The molecule has 2 amide bonds. The SMILES string of the molecule is Cc1ccc2c(c1)CC[C@@H]2NC(=O)c1cc(C(=O)NCc2ccc3cc(C(F)(F)F)oc3c2)ncn1. The van der Waals surface area contributed by atoms with Gasteiger partial charge in [-0.15, -0.1) is 0 Å². The maximum absolute atomic E-state index is 12.9. The maximum atomic E-state index is 12.9. The van der Waals surface area contributed by atoms with Crippen LogP contribution in [-0.2, 0) is 19.1 Å². The van der Waals surface area contributed by atoms with E-state index in [9.17, 15) is 22.8 Å². The van der Waals surface area contributed by atoms with Gasteiger partial charge in [-0.25, -0.2) is 9.97 Å². The Bertz CT molecular complexity index is 1480. The fourth-order valence-electron chi connectivity index (χ4n) is 4.33. The lowest BCUT2D eigenvalue weighted by Crippen LogP contribution is -2.29. The molecule has 2 heterocycles. The Morgan fingerprint density at radius 2 is 1.81 bits per heavy atom. The number of carbonyl (C=O) groups excluding carboxylic acids is 2. The van der Waals surface area contributed by atoms with Gasteiger partial charge in [0.2, 0.25) is 5.76 Å². The van der Waals surface area contributed by atoms with E-state index in [1.807, 2.05) is 19.1 Å². The molecule has 0 fully saturated rings. The molecule has 0 saturated heterocycles. The van der Waals surface area contributed by atoms with Crippen LogP contribution in [-0.4, -0.2) is 21.8 Å². The number of benzene rings is 2. The lowest BCUT2D eigenvalue weighted by atomic mass is 10.1. The van der Waals surface area contributed by atoms with Crippen LogP contribution in [0.5, 0.6) is 0 Å². The third-order valence-electron chi connectivity index (χ3n) is 6.13. The molecule has 1 atom stereocenters. The summed E-state index contributed by atoms with van der Waals surface area (Å²) in [7, 11) is 0. The van der Waals surface area contributed by atoms with Crippen LogP contribution >= 0.6 is 0 Å². The summed E-state index contributed by atoms with van der Waals surface area (Å²) in [5.41, 5.74) is 4.13. The molecule has 2 aromatic heterocycles. The summed E-state index contributed by atoms with van der Waals surface area (Å²) in [5, 5.41) is 5.93. The van der Waals surface area contributed by atoms with Gasteiger partial charge in [-0.05, 0) is 48.6 Å². The van der Waals surface area contributed by atoms with Crippen molar-refractivity contribution in [2.75, 3.05) is 0 Å². The number of aromatic nitrogens is 2. The first-order chi connectivity index (χ1) is 17.2. The molecule has 0 aliphatic heterocycles. The van der Waals surface area contributed by atoms with Crippen LogP contribution in [0.1, 0.15) is 61.5 Å². The lowest BCUT2D eigenvalue weighted by Gasteiger charge is -2.14. The largest absolute Gasteiger partial charge is 0.451 e. The second kappa shape index (κ2) is 9.10. The average Bonchev–Trinajstić information content (AvgIpc) is 3.46. The summed E-state index contributed by atoms with van der Waals surface area (Å²) < 4.78 is 43.5. The number of amides is 2. The molecule has 36 heavy (non-hydrogen) atoms. The Morgan fingerprint density at radius 3 is 2.58 bits per heavy atom. The van der Waals surface area contributed by atoms with Gasteiger partial charge in [0, 0.05) is 18.0 Å². The van der Waals surface area contributed by atoms with Gasteiger partial charge in [0.25, 0.3) is 11.8 Å². The van der Waals surface area contributed by atoms with Gasteiger partial charge in [0.15, 0.2) is 0 Å². The number of hydrogen-bond acceptors (Lipinski definition) is 5. The average molecular weight is 494 g/mol. The van der Waals surface area contributed by atoms with E-state index in [1.165, 1.54) is 29.3 Å². The maximum Gasteiger partial charge on any atom is 0.449 e. The molecule has 0 radical (unpaired) electrons. The van der Waals surface area contributed by atoms with Crippen molar-refractivity contribution in [3.8, 4) is 0 Å². The monoisotopic (exact) mass is 494 g/mol. The van der Waals surface area contributed by atoms with Crippen molar-refractivity contribution in [3.63, 3.8) is 0 Å². The summed E-state index contributed by atoms with van der Waals surface area (Å²) in [6.45, 7) is 2.05. The van der Waals surface area contributed by atoms with Crippen LogP contribution in [0.15, 0.2) is 59.3 Å². The van der Waals surface area contributed by atoms with Crippen LogP contribution in [0.25, 0.3) is 11.0 Å². The Labute approximate surface area is 203 Å². The number of carbonyl (C=O) groups is 2. The van der Waals surface area contributed by atoms with Crippen LogP contribution in [0.4, 0.5) is 13.2 Å². The second-order valence-corrected chi connectivity index (χ2v) is 8.72. The lowest BCUT2D eigenvalue weighted by molar-refractivity contribution is -0.152. The Hall–Kier alpha value is -4.21. The molecule has 2 aromatic carbocycles. The van der Waals surface area contributed by atoms with Crippen LogP contribution in [0, 0.1) is 6.92 Å². The number of furan rings is 1. The number of alkyl halides is 3. The molecule has 2 N–H and O–H groups in total. The third kappa shape index (κ3) is 4.79. The highest BCUT2D eigenvalue weighted by Crippen LogP contribution is 2.34. The van der Waals surface area contributed by atoms with Gasteiger partial charge in [-0.2, -0.15) is 13.2 Å². The van der Waals surface area contributed by atoms with Gasteiger partial charge < -0.3 is 15.1 Å². The minimum absolute atomic E-state index is 0.00367. The summed E-state index contributed by atoms with van der Waals surface area (Å²) in [4.78, 5) is 33.4. The number of nitrogens with zero attached hydrogens (tertiary/aromatic N) is 2. The molecule has 10 heteroatoms. The van der Waals surface area contributed by atoms with E-state index in [-0.39, 0.29) is 29.6 Å². The molecule has 0 spiro atoms. The number of nitrogens with one attached hydrogen (secondary N) is 2. The number of aryl methyl sites for hydroxylation is 2. The molecule has 7 nitrogen and oxygen atoms in total. The molecular formula is C26H21F3N4O3. The first-order valence-electron chi connectivity index (χ1n) is 11.3. The van der Waals surface area contributed by atoms with E-state index in [0.717, 1.165) is 30.8 Å². The predicted molar refractivity (Wildman–Crippen MR) is 124 cm³/mol. The normalized spacial score (nSPS) is 15.1. The highest BCUT2D eigenvalue weighted by atomic mass is 19.4. The van der Waals surface area contributed by atoms with Crippen molar-refractivity contribution in [1.29, 1.82) is 0 Å². The number of rotatable bonds is 5. The highest BCUT2D eigenvalue weighted by Gasteiger charge is 2.35. The van der Waals surface area contributed by atoms with E-state index in [1.54, 1.807) is 6.07 Å². The van der Waals surface area contributed by atoms with E-state index < -0.39 is 23.8 Å². The van der Waals surface area contributed by atoms with Crippen LogP contribution in [0.3, 0.4) is 0 Å². The van der Waals surface area contributed by atoms with E-state index in [4.69, 9.17) is 4.42 Å². The van der Waals surface area contributed by atoms with Gasteiger partial charge in [0.05, 0.1) is 6.04 Å². The molecule has 0 unspecified atom stereocenters. The number of hydrogen-bond donors (Lipinski definition) is 2. The molecule has 5 rings (SSSR count). The molecule has 1 aliphatic carbocycles. The molecule has 184 valence electrons. The second-order valence-electron chi connectivity index (χ2n) is 8.72. The molecule has 0 saturated carbocycles. The summed E-state index contributed by atoms with van der Waals surface area (Å²) in [6, 6.07) is 12.8. The zero-order valence-electron chi connectivity index (χ0n) is 19.1. The first kappa shape index (κ1) is 23.5. The van der Waals surface area contributed by atoms with Crippen molar-refractivity contribution < 1.29 is 27.2 Å². The van der Waals surface area contributed by atoms with Crippen LogP contribution < -0.4 is 10.6 Å². The van der Waals surface area contributed by atoms with Gasteiger partial charge in [-0.1, -0.05) is 35.9 Å². The van der Waals surface area contributed by atoms with E-state index in [2.05, 4.69) is 26.7 Å². The summed E-state index contributed by atoms with van der Waals surface area (Å²) in [5.74, 6) is -2.04. The standard InChI is InChI=1S/C26H21F3N4O3/c1-14-2-6-18-16(8-14)5-7-19(18)33-25(35)21-11-20(31-13-32-21)24(34)30-12-15-3-4-17-10-23(26(27,28)29)36-22(17)9-15/h2-4,6,8-11,13,19H,5,7,12H2,1H3,(H,30,34)(H,33,35)/t19-/m0/s1. The third-order valence-corrected chi connectivity index (χ3v) is 6.13. The molecule has 1 aliphatic rings. The molecular weight excluding hydrogens is 473 g/mol. The first-order valence-corrected chi connectivity index (χ1v) is 11.3. The Morgan fingerprint density at radius 1 is 1.03 bits per heavy atom. The van der Waals surface area contributed by atoms with Crippen molar-refractivity contribution >= 4 is 22.8 Å². The minimum Gasteiger partial charge on any atom is -0.451 e. The fraction of sp³-hybridized carbons (Fsp3) is 0.231. The number of halogens is 3. The topological polar surface area (TPSA) is 97.1 Å². The quantitative estimate of drug-likeness (QED) is 0.412. The summed E-state index contributed by atoms with van der Waals surface area (Å²) >= 11 is 0.